The van der Waals surface area contributed by atoms with Gasteiger partial charge in [-0.05, 0) is 18.2 Å². The van der Waals surface area contributed by atoms with Crippen LogP contribution in [-0.4, -0.2) is 7.11 Å². The van der Waals surface area contributed by atoms with Crippen molar-refractivity contribution in [1.82, 2.24) is 0 Å². The Morgan fingerprint density at radius 2 is 1.69 bits per heavy atom. The molecule has 0 aromatic heterocycles. The fraction of sp³-hybridized carbons (Fsp3) is 0.0769. The highest BCUT2D eigenvalue weighted by atomic mass is 16.5. The molecule has 0 atom stereocenters. The zero-order valence-electron chi connectivity index (χ0n) is 9.10. The number of anilines is 2. The van der Waals surface area contributed by atoms with Crippen molar-refractivity contribution >= 4 is 11.4 Å². The van der Waals surface area contributed by atoms with Crippen LogP contribution < -0.4 is 16.2 Å². The third-order valence-electron chi connectivity index (χ3n) is 2.48. The number of methoxy groups -OCH3 is 1. The van der Waals surface area contributed by atoms with Crippen molar-refractivity contribution in [2.75, 3.05) is 18.6 Å². The van der Waals surface area contributed by atoms with E-state index in [1.807, 2.05) is 36.4 Å². The van der Waals surface area contributed by atoms with E-state index in [0.717, 1.165) is 22.6 Å². The van der Waals surface area contributed by atoms with Gasteiger partial charge in [-0.15, -0.1) is 0 Å². The Balaban J connectivity index is 2.60. The molecule has 0 fully saturated rings. The van der Waals surface area contributed by atoms with Gasteiger partial charge in [-0.2, -0.15) is 0 Å². The second-order valence-electron chi connectivity index (χ2n) is 3.55. The van der Waals surface area contributed by atoms with Crippen LogP contribution in [0.5, 0.6) is 5.75 Å². The summed E-state index contributed by atoms with van der Waals surface area (Å²) >= 11 is 0. The monoisotopic (exact) mass is 214 g/mol. The lowest BCUT2D eigenvalue weighted by atomic mass is 10.0. The van der Waals surface area contributed by atoms with Crippen LogP contribution >= 0.6 is 0 Å². The molecule has 3 heteroatoms. The molecule has 2 aromatic carbocycles. The fourth-order valence-electron chi connectivity index (χ4n) is 1.67. The quantitative estimate of drug-likeness (QED) is 0.755. The zero-order valence-corrected chi connectivity index (χ0v) is 9.10. The van der Waals surface area contributed by atoms with Gasteiger partial charge in [0.25, 0.3) is 0 Å². The number of hydrogen-bond donors (Lipinski definition) is 2. The first-order chi connectivity index (χ1) is 7.72. The van der Waals surface area contributed by atoms with E-state index in [9.17, 15) is 0 Å². The summed E-state index contributed by atoms with van der Waals surface area (Å²) in [5.74, 6) is 0.734. The van der Waals surface area contributed by atoms with E-state index in [1.165, 1.54) is 0 Å². The minimum atomic E-state index is 0.676. The average molecular weight is 214 g/mol. The molecule has 2 aromatic rings. The van der Waals surface area contributed by atoms with Gasteiger partial charge >= 0.3 is 0 Å². The van der Waals surface area contributed by atoms with Gasteiger partial charge in [-0.3, -0.25) is 0 Å². The molecule has 0 radical (unpaired) electrons. The Bertz CT molecular complexity index is 509. The number of para-hydroxylation sites is 1. The molecule has 3 nitrogen and oxygen atoms in total. The van der Waals surface area contributed by atoms with Gasteiger partial charge in [0.15, 0.2) is 0 Å². The first-order valence-electron chi connectivity index (χ1n) is 5.01. The molecule has 0 amide bonds. The SMILES string of the molecule is COc1cc(N)ccc1-c1ccccc1N. The Hall–Kier alpha value is -2.16. The van der Waals surface area contributed by atoms with Gasteiger partial charge in [-0.1, -0.05) is 18.2 Å². The molecule has 0 saturated heterocycles. The summed E-state index contributed by atoms with van der Waals surface area (Å²) < 4.78 is 5.30. The van der Waals surface area contributed by atoms with E-state index in [2.05, 4.69) is 0 Å². The average Bonchev–Trinajstić information content (AvgIpc) is 2.30. The molecule has 4 N–H and O–H groups in total. The van der Waals surface area contributed by atoms with E-state index >= 15 is 0 Å². The predicted octanol–water partition coefficient (Wildman–Crippen LogP) is 2.53. The summed E-state index contributed by atoms with van der Waals surface area (Å²) in [4.78, 5) is 0. The van der Waals surface area contributed by atoms with Crippen molar-refractivity contribution in [2.45, 2.75) is 0 Å². The molecular weight excluding hydrogens is 200 g/mol. The molecule has 0 bridgehead atoms. The van der Waals surface area contributed by atoms with Crippen molar-refractivity contribution < 1.29 is 4.74 Å². The van der Waals surface area contributed by atoms with Gasteiger partial charge in [0, 0.05) is 28.6 Å². The summed E-state index contributed by atoms with van der Waals surface area (Å²) in [7, 11) is 1.62. The maximum atomic E-state index is 5.93. The second kappa shape index (κ2) is 4.14. The van der Waals surface area contributed by atoms with Crippen LogP contribution in [0.25, 0.3) is 11.1 Å². The van der Waals surface area contributed by atoms with Gasteiger partial charge in [0.05, 0.1) is 7.11 Å². The third kappa shape index (κ3) is 1.80. The molecule has 0 spiro atoms. The van der Waals surface area contributed by atoms with Gasteiger partial charge in [0.1, 0.15) is 5.75 Å². The third-order valence-corrected chi connectivity index (χ3v) is 2.48. The minimum Gasteiger partial charge on any atom is -0.496 e. The van der Waals surface area contributed by atoms with E-state index in [1.54, 1.807) is 13.2 Å². The first kappa shape index (κ1) is 10.4. The Kier molecular flexibility index (Phi) is 2.68. The molecule has 16 heavy (non-hydrogen) atoms. The molecule has 0 saturated carbocycles. The van der Waals surface area contributed by atoms with Gasteiger partial charge in [-0.25, -0.2) is 0 Å². The standard InChI is InChI=1S/C13H14N2O/c1-16-13-8-9(14)6-7-11(13)10-4-2-3-5-12(10)15/h2-8H,14-15H2,1H3. The Morgan fingerprint density at radius 3 is 2.38 bits per heavy atom. The second-order valence-corrected chi connectivity index (χ2v) is 3.55. The highest BCUT2D eigenvalue weighted by Gasteiger charge is 2.08. The Labute approximate surface area is 94.6 Å². The lowest BCUT2D eigenvalue weighted by molar-refractivity contribution is 0.416. The molecular formula is C13H14N2O. The highest BCUT2D eigenvalue weighted by Crippen LogP contribution is 2.34. The largest absolute Gasteiger partial charge is 0.496 e. The first-order valence-corrected chi connectivity index (χ1v) is 5.01. The zero-order chi connectivity index (χ0) is 11.5. The van der Waals surface area contributed by atoms with Crippen LogP contribution in [0.2, 0.25) is 0 Å². The molecule has 0 aliphatic carbocycles. The van der Waals surface area contributed by atoms with Crippen molar-refractivity contribution in [3.8, 4) is 16.9 Å². The number of benzene rings is 2. The van der Waals surface area contributed by atoms with Crippen molar-refractivity contribution in [3.63, 3.8) is 0 Å². The number of hydrogen-bond acceptors (Lipinski definition) is 3. The summed E-state index contributed by atoms with van der Waals surface area (Å²) in [6.45, 7) is 0. The predicted molar refractivity (Wildman–Crippen MR) is 67.3 cm³/mol. The number of nitrogens with two attached hydrogens (primary N) is 2. The maximum Gasteiger partial charge on any atom is 0.128 e. The van der Waals surface area contributed by atoms with Crippen LogP contribution in [0.4, 0.5) is 11.4 Å². The van der Waals surface area contributed by atoms with Crippen LogP contribution in [0.1, 0.15) is 0 Å². The molecule has 0 heterocycles. The smallest absolute Gasteiger partial charge is 0.128 e. The van der Waals surface area contributed by atoms with Crippen molar-refractivity contribution in [3.05, 3.63) is 42.5 Å². The summed E-state index contributed by atoms with van der Waals surface area (Å²) in [6.07, 6.45) is 0. The van der Waals surface area contributed by atoms with Crippen molar-refractivity contribution in [2.24, 2.45) is 0 Å². The Morgan fingerprint density at radius 1 is 0.938 bits per heavy atom. The van der Waals surface area contributed by atoms with E-state index < -0.39 is 0 Å². The molecule has 82 valence electrons. The maximum absolute atomic E-state index is 5.93. The van der Waals surface area contributed by atoms with Crippen LogP contribution in [-0.2, 0) is 0 Å². The van der Waals surface area contributed by atoms with Crippen molar-refractivity contribution in [1.29, 1.82) is 0 Å². The van der Waals surface area contributed by atoms with Crippen LogP contribution in [0.15, 0.2) is 42.5 Å². The number of nitrogen functional groups attached to an aromatic ring is 2. The lowest BCUT2D eigenvalue weighted by Crippen LogP contribution is -1.94. The highest BCUT2D eigenvalue weighted by molar-refractivity contribution is 5.81. The summed E-state index contributed by atoms with van der Waals surface area (Å²) in [5, 5.41) is 0. The van der Waals surface area contributed by atoms with E-state index in [0.29, 0.717) is 5.69 Å². The topological polar surface area (TPSA) is 61.3 Å². The van der Waals surface area contributed by atoms with Gasteiger partial charge in [0.2, 0.25) is 0 Å². The minimum absolute atomic E-state index is 0.676. The van der Waals surface area contributed by atoms with Crippen LogP contribution in [0, 0.1) is 0 Å². The molecule has 2 rings (SSSR count). The molecule has 0 unspecified atom stereocenters. The van der Waals surface area contributed by atoms with E-state index in [-0.39, 0.29) is 0 Å². The number of ether oxygens (including phenoxy) is 1. The molecule has 0 aliphatic rings. The van der Waals surface area contributed by atoms with Crippen LogP contribution in [0.3, 0.4) is 0 Å². The summed E-state index contributed by atoms with van der Waals surface area (Å²) in [5.41, 5.74) is 15.0. The lowest BCUT2D eigenvalue weighted by Gasteiger charge is -2.11. The van der Waals surface area contributed by atoms with E-state index in [4.69, 9.17) is 16.2 Å². The van der Waals surface area contributed by atoms with Gasteiger partial charge < -0.3 is 16.2 Å². The fourth-order valence-corrected chi connectivity index (χ4v) is 1.67. The molecule has 0 aliphatic heterocycles. The number of rotatable bonds is 2. The normalized spacial score (nSPS) is 10.1. The summed E-state index contributed by atoms with van der Waals surface area (Å²) in [6, 6.07) is 13.2.